The number of carbonyl (C=O) groups excluding carboxylic acids is 2. The number of benzene rings is 2. The molecule has 0 radical (unpaired) electrons. The van der Waals surface area contributed by atoms with Crippen molar-refractivity contribution in [2.75, 3.05) is 10.6 Å². The van der Waals surface area contributed by atoms with Crippen molar-refractivity contribution in [2.24, 2.45) is 5.41 Å². The zero-order valence-corrected chi connectivity index (χ0v) is 15.4. The van der Waals surface area contributed by atoms with Gasteiger partial charge in [-0.1, -0.05) is 32.0 Å². The zero-order chi connectivity index (χ0) is 19.6. The number of aryl methyl sites for hydroxylation is 2. The average Bonchev–Trinajstić information content (AvgIpc) is 3.47. The topological polar surface area (TPSA) is 58.2 Å². The first-order chi connectivity index (χ1) is 12.9. The summed E-state index contributed by atoms with van der Waals surface area (Å²) in [5.41, 5.74) is 1.75. The highest BCUT2D eigenvalue weighted by Gasteiger charge is 2.56. The third-order valence-electron chi connectivity index (χ3n) is 5.03. The molecule has 2 aromatic carbocycles. The molecule has 0 spiro atoms. The molecule has 1 saturated carbocycles. The van der Waals surface area contributed by atoms with Crippen LogP contribution in [0.3, 0.4) is 0 Å². The Kier molecular flexibility index (Phi) is 5.26. The van der Waals surface area contributed by atoms with Crippen molar-refractivity contribution >= 4 is 23.2 Å². The van der Waals surface area contributed by atoms with Crippen molar-refractivity contribution < 1.29 is 18.4 Å². The lowest BCUT2D eigenvalue weighted by molar-refractivity contribution is -0.131. The fourth-order valence-electron chi connectivity index (χ4n) is 3.14. The van der Waals surface area contributed by atoms with Crippen LogP contribution in [0.4, 0.5) is 20.2 Å². The van der Waals surface area contributed by atoms with Gasteiger partial charge in [-0.25, -0.2) is 8.78 Å². The Morgan fingerprint density at radius 2 is 1.52 bits per heavy atom. The minimum atomic E-state index is -1.17. The highest BCUT2D eigenvalue weighted by molar-refractivity contribution is 6.17. The van der Waals surface area contributed by atoms with Crippen molar-refractivity contribution in [3.63, 3.8) is 0 Å². The predicted molar refractivity (Wildman–Crippen MR) is 100 cm³/mol. The van der Waals surface area contributed by atoms with Crippen LogP contribution in [0.25, 0.3) is 0 Å². The first-order valence-electron chi connectivity index (χ1n) is 9.10. The molecule has 0 saturated heterocycles. The molecule has 4 nitrogen and oxygen atoms in total. The third kappa shape index (κ3) is 3.70. The summed E-state index contributed by atoms with van der Waals surface area (Å²) in [5, 5.41) is 5.47. The lowest BCUT2D eigenvalue weighted by atomic mass is 10.0. The molecule has 27 heavy (non-hydrogen) atoms. The number of nitrogens with one attached hydrogen (secondary N) is 2. The van der Waals surface area contributed by atoms with E-state index in [4.69, 9.17) is 0 Å². The van der Waals surface area contributed by atoms with Gasteiger partial charge in [-0.2, -0.15) is 0 Å². The van der Waals surface area contributed by atoms with E-state index in [1.807, 2.05) is 32.0 Å². The molecule has 1 aliphatic carbocycles. The average molecular weight is 372 g/mol. The highest BCUT2D eigenvalue weighted by Crippen LogP contribution is 2.48. The van der Waals surface area contributed by atoms with E-state index in [0.717, 1.165) is 41.8 Å². The van der Waals surface area contributed by atoms with E-state index < -0.39 is 23.0 Å². The van der Waals surface area contributed by atoms with E-state index in [-0.39, 0.29) is 11.6 Å². The van der Waals surface area contributed by atoms with Gasteiger partial charge in [0.2, 0.25) is 11.8 Å². The smallest absolute Gasteiger partial charge is 0.240 e. The quantitative estimate of drug-likeness (QED) is 0.736. The van der Waals surface area contributed by atoms with E-state index >= 15 is 0 Å². The number of carbonyl (C=O) groups is 2. The Morgan fingerprint density at radius 3 is 2.04 bits per heavy atom. The van der Waals surface area contributed by atoms with Gasteiger partial charge >= 0.3 is 0 Å². The second kappa shape index (κ2) is 7.47. The molecule has 0 heterocycles. The predicted octanol–water partition coefficient (Wildman–Crippen LogP) is 4.45. The fourth-order valence-corrected chi connectivity index (χ4v) is 3.14. The molecule has 0 aromatic heterocycles. The van der Waals surface area contributed by atoms with Gasteiger partial charge in [-0.15, -0.1) is 0 Å². The minimum absolute atomic E-state index is 0.126. The summed E-state index contributed by atoms with van der Waals surface area (Å²) < 4.78 is 26.4. The van der Waals surface area contributed by atoms with Crippen LogP contribution in [-0.4, -0.2) is 11.8 Å². The number of rotatable bonds is 6. The number of anilines is 2. The van der Waals surface area contributed by atoms with Crippen LogP contribution in [0.1, 0.15) is 37.8 Å². The van der Waals surface area contributed by atoms with E-state index in [2.05, 4.69) is 10.6 Å². The first kappa shape index (κ1) is 19.0. The van der Waals surface area contributed by atoms with Crippen LogP contribution in [0, 0.1) is 17.0 Å². The van der Waals surface area contributed by atoms with E-state index in [1.165, 1.54) is 6.07 Å². The molecule has 1 fully saturated rings. The molecule has 0 aliphatic heterocycles. The summed E-state index contributed by atoms with van der Waals surface area (Å²) in [5.74, 6) is -2.90. The maximum atomic E-state index is 13.3. The largest absolute Gasteiger partial charge is 0.325 e. The summed E-state index contributed by atoms with van der Waals surface area (Å²) in [6, 6.07) is 8.98. The Bertz CT molecular complexity index is 869. The molecular weight excluding hydrogens is 350 g/mol. The van der Waals surface area contributed by atoms with Crippen LogP contribution in [0.5, 0.6) is 0 Å². The second-order valence-electron chi connectivity index (χ2n) is 6.78. The number of para-hydroxylation sites is 1. The molecule has 6 heteroatoms. The lowest BCUT2D eigenvalue weighted by Crippen LogP contribution is -2.36. The molecule has 2 amide bonds. The molecule has 1 aliphatic rings. The molecule has 0 atom stereocenters. The summed E-state index contributed by atoms with van der Waals surface area (Å²) in [6.07, 6.45) is 2.36. The van der Waals surface area contributed by atoms with E-state index in [1.54, 1.807) is 0 Å². The molecule has 2 N–H and O–H groups in total. The highest BCUT2D eigenvalue weighted by atomic mass is 19.2. The van der Waals surface area contributed by atoms with Gasteiger partial charge in [-0.3, -0.25) is 9.59 Å². The summed E-state index contributed by atoms with van der Waals surface area (Å²) >= 11 is 0. The molecule has 0 unspecified atom stereocenters. The number of amides is 2. The van der Waals surface area contributed by atoms with Gasteiger partial charge in [-0.05, 0) is 48.9 Å². The van der Waals surface area contributed by atoms with Crippen LogP contribution in [0.2, 0.25) is 0 Å². The van der Waals surface area contributed by atoms with Crippen LogP contribution < -0.4 is 10.6 Å². The Labute approximate surface area is 157 Å². The maximum absolute atomic E-state index is 13.3. The van der Waals surface area contributed by atoms with Gasteiger partial charge < -0.3 is 10.6 Å². The second-order valence-corrected chi connectivity index (χ2v) is 6.78. The molecular formula is C21H22F2N2O2. The van der Waals surface area contributed by atoms with Gasteiger partial charge in [0.15, 0.2) is 11.6 Å². The van der Waals surface area contributed by atoms with Crippen molar-refractivity contribution in [3.8, 4) is 0 Å². The van der Waals surface area contributed by atoms with Crippen molar-refractivity contribution in [1.82, 2.24) is 0 Å². The maximum Gasteiger partial charge on any atom is 0.240 e. The molecule has 142 valence electrons. The first-order valence-corrected chi connectivity index (χ1v) is 9.10. The molecule has 2 aromatic rings. The zero-order valence-electron chi connectivity index (χ0n) is 15.4. The van der Waals surface area contributed by atoms with Gasteiger partial charge in [0.25, 0.3) is 0 Å². The van der Waals surface area contributed by atoms with Gasteiger partial charge in [0.1, 0.15) is 5.41 Å². The standard InChI is InChI=1S/C21H22F2N2O2/c1-3-13-6-5-7-14(4-2)18(13)25-20(27)21(10-11-21)19(26)24-15-8-9-16(22)17(23)12-15/h5-9,12H,3-4,10-11H2,1-2H3,(H,24,26)(H,25,27). The summed E-state index contributed by atoms with van der Waals surface area (Å²) in [4.78, 5) is 25.5. The third-order valence-corrected chi connectivity index (χ3v) is 5.03. The monoisotopic (exact) mass is 372 g/mol. The van der Waals surface area contributed by atoms with Gasteiger partial charge in [0.05, 0.1) is 0 Å². The van der Waals surface area contributed by atoms with Crippen LogP contribution in [-0.2, 0) is 22.4 Å². The summed E-state index contributed by atoms with van der Waals surface area (Å²) in [7, 11) is 0. The van der Waals surface area contributed by atoms with Crippen LogP contribution >= 0.6 is 0 Å². The van der Waals surface area contributed by atoms with Crippen molar-refractivity contribution in [3.05, 3.63) is 59.2 Å². The lowest BCUT2D eigenvalue weighted by Gasteiger charge is -2.19. The Balaban J connectivity index is 1.78. The fraction of sp³-hybridized carbons (Fsp3) is 0.333. The number of halogens is 2. The van der Waals surface area contributed by atoms with Gasteiger partial charge in [0, 0.05) is 17.4 Å². The number of hydrogen-bond donors (Lipinski definition) is 2. The van der Waals surface area contributed by atoms with Crippen molar-refractivity contribution in [2.45, 2.75) is 39.5 Å². The summed E-state index contributed by atoms with van der Waals surface area (Å²) in [6.45, 7) is 4.01. The Hall–Kier alpha value is -2.76. The Morgan fingerprint density at radius 1 is 0.926 bits per heavy atom. The number of hydrogen-bond acceptors (Lipinski definition) is 2. The van der Waals surface area contributed by atoms with E-state index in [0.29, 0.717) is 12.8 Å². The minimum Gasteiger partial charge on any atom is -0.325 e. The molecule has 3 rings (SSSR count). The van der Waals surface area contributed by atoms with Crippen molar-refractivity contribution in [1.29, 1.82) is 0 Å². The van der Waals surface area contributed by atoms with Crippen LogP contribution in [0.15, 0.2) is 36.4 Å². The molecule has 0 bridgehead atoms. The normalized spacial score (nSPS) is 14.5. The van der Waals surface area contributed by atoms with E-state index in [9.17, 15) is 18.4 Å². The SMILES string of the molecule is CCc1cccc(CC)c1NC(=O)C1(C(=O)Nc2ccc(F)c(F)c2)CC1.